The zero-order chi connectivity index (χ0) is 20.2. The van der Waals surface area contributed by atoms with Gasteiger partial charge in [-0.3, -0.25) is 0 Å². The predicted octanol–water partition coefficient (Wildman–Crippen LogP) is 7.39. The second kappa shape index (κ2) is 20.3. The number of hydrogen-bond donors (Lipinski definition) is 1. The van der Waals surface area contributed by atoms with E-state index in [9.17, 15) is 0 Å². The number of ether oxygens (including phenoxy) is 1. The third-order valence-corrected chi connectivity index (χ3v) is 4.88. The largest absolute Gasteiger partial charge is 0.497 e. The van der Waals surface area contributed by atoms with Gasteiger partial charge in [0.2, 0.25) is 0 Å². The third kappa shape index (κ3) is 17.8. The van der Waals surface area contributed by atoms with Crippen molar-refractivity contribution in [2.45, 2.75) is 92.9 Å². The van der Waals surface area contributed by atoms with Crippen LogP contribution in [0.1, 0.15) is 91.5 Å². The van der Waals surface area contributed by atoms with Crippen molar-refractivity contribution in [3.05, 3.63) is 29.8 Å². The third-order valence-electron chi connectivity index (χ3n) is 4.88. The molecule has 0 saturated carbocycles. The highest BCUT2D eigenvalue weighted by Gasteiger charge is 2.00. The highest BCUT2D eigenvalue weighted by Crippen LogP contribution is 2.11. The molecule has 2 atom stereocenters. The van der Waals surface area contributed by atoms with E-state index in [0.717, 1.165) is 24.1 Å². The molecule has 26 heavy (non-hydrogen) atoms. The summed E-state index contributed by atoms with van der Waals surface area (Å²) in [7, 11) is 1.67. The van der Waals surface area contributed by atoms with E-state index in [0.29, 0.717) is 0 Å². The molecule has 2 nitrogen and oxygen atoms in total. The number of unbranched alkanes of at least 4 members (excludes halogenated alkanes) is 2. The Morgan fingerprint density at radius 2 is 1.42 bits per heavy atom. The van der Waals surface area contributed by atoms with Crippen molar-refractivity contribution in [1.29, 1.82) is 0 Å². The fraction of sp³-hybridized carbons (Fsp3) is 0.750. The summed E-state index contributed by atoms with van der Waals surface area (Å²) >= 11 is 0. The van der Waals surface area contributed by atoms with Gasteiger partial charge in [0.15, 0.2) is 0 Å². The van der Waals surface area contributed by atoms with E-state index in [1.165, 1.54) is 56.9 Å². The van der Waals surface area contributed by atoms with Crippen LogP contribution in [0, 0.1) is 18.8 Å². The molecule has 0 heterocycles. The molecular weight excluding hydrogens is 318 g/mol. The Morgan fingerprint density at radius 1 is 0.885 bits per heavy atom. The van der Waals surface area contributed by atoms with E-state index >= 15 is 0 Å². The van der Waals surface area contributed by atoms with Gasteiger partial charge in [-0.05, 0) is 43.9 Å². The Balaban J connectivity index is 0. The van der Waals surface area contributed by atoms with Gasteiger partial charge in [0, 0.05) is 0 Å². The van der Waals surface area contributed by atoms with E-state index < -0.39 is 0 Å². The second-order valence-electron chi connectivity index (χ2n) is 7.33. The lowest BCUT2D eigenvalue weighted by Gasteiger charge is -2.09. The molecule has 0 saturated heterocycles. The summed E-state index contributed by atoms with van der Waals surface area (Å²) in [5, 5.41) is 0. The van der Waals surface area contributed by atoms with Crippen LogP contribution < -0.4 is 10.5 Å². The minimum absolute atomic E-state index is 0.782. The average molecular weight is 366 g/mol. The van der Waals surface area contributed by atoms with Crippen LogP contribution in [0.15, 0.2) is 24.3 Å². The van der Waals surface area contributed by atoms with Gasteiger partial charge >= 0.3 is 0 Å². The molecule has 0 fully saturated rings. The first-order valence-electron chi connectivity index (χ1n) is 10.8. The molecule has 2 unspecified atom stereocenters. The molecule has 0 bridgehead atoms. The molecule has 0 aliphatic heterocycles. The number of rotatable bonds is 10. The van der Waals surface area contributed by atoms with Crippen molar-refractivity contribution in [2.24, 2.45) is 17.6 Å². The maximum absolute atomic E-state index is 5.52. The molecule has 0 radical (unpaired) electrons. The van der Waals surface area contributed by atoms with E-state index in [-0.39, 0.29) is 0 Å². The quantitative estimate of drug-likeness (QED) is 0.469. The molecule has 0 aliphatic rings. The summed E-state index contributed by atoms with van der Waals surface area (Å²) in [6, 6.07) is 7.96. The summed E-state index contributed by atoms with van der Waals surface area (Å²) in [6.07, 6.45) is 10.7. The number of benzene rings is 1. The first kappa shape index (κ1) is 27.2. The summed E-state index contributed by atoms with van der Waals surface area (Å²) in [5.41, 5.74) is 6.78. The fourth-order valence-electron chi connectivity index (χ4n) is 2.41. The van der Waals surface area contributed by atoms with E-state index in [4.69, 9.17) is 10.5 Å². The van der Waals surface area contributed by atoms with Crippen molar-refractivity contribution in [1.82, 2.24) is 0 Å². The minimum Gasteiger partial charge on any atom is -0.497 e. The lowest BCUT2D eigenvalue weighted by Crippen LogP contribution is -2.12. The van der Waals surface area contributed by atoms with Crippen LogP contribution >= 0.6 is 0 Å². The number of aryl methyl sites for hydroxylation is 1. The highest BCUT2D eigenvalue weighted by molar-refractivity contribution is 5.25. The standard InChI is InChI=1S/C8H19N.C8H10O.C8H18/c1-3-5-6-8(4-2)7-9;1-7-3-5-8(9-2)6-4-7;1-4-6-7-8(3)5-2/h8H,3-7,9H2,1-2H3;3-6H,1-2H3;8H,4-7H2,1-3H3. The molecule has 154 valence electrons. The van der Waals surface area contributed by atoms with Crippen molar-refractivity contribution < 1.29 is 4.74 Å². The highest BCUT2D eigenvalue weighted by atomic mass is 16.5. The SMILES string of the molecule is CCCCC(C)CC.CCCCC(CC)CN.COc1ccc(C)cc1. The summed E-state index contributed by atoms with van der Waals surface area (Å²) in [6.45, 7) is 14.2. The lowest BCUT2D eigenvalue weighted by molar-refractivity contribution is 0.414. The summed E-state index contributed by atoms with van der Waals surface area (Å²) in [5.74, 6) is 2.65. The number of hydrogen-bond acceptors (Lipinski definition) is 2. The average Bonchev–Trinajstić information content (AvgIpc) is 2.68. The zero-order valence-electron chi connectivity index (χ0n) is 18.8. The molecule has 0 amide bonds. The van der Waals surface area contributed by atoms with Crippen LogP contribution in [0.25, 0.3) is 0 Å². The molecule has 1 rings (SSSR count). The van der Waals surface area contributed by atoms with Crippen LogP contribution in [0.3, 0.4) is 0 Å². The number of methoxy groups -OCH3 is 1. The van der Waals surface area contributed by atoms with E-state index in [2.05, 4.69) is 41.5 Å². The molecule has 0 aliphatic carbocycles. The topological polar surface area (TPSA) is 35.2 Å². The first-order valence-corrected chi connectivity index (χ1v) is 10.8. The molecular formula is C24H47NO. The Hall–Kier alpha value is -1.02. The predicted molar refractivity (Wildman–Crippen MR) is 119 cm³/mol. The van der Waals surface area contributed by atoms with Crippen LogP contribution in [0.5, 0.6) is 5.75 Å². The van der Waals surface area contributed by atoms with Crippen LogP contribution in [-0.4, -0.2) is 13.7 Å². The van der Waals surface area contributed by atoms with Crippen LogP contribution in [0.4, 0.5) is 0 Å². The molecule has 1 aromatic rings. The van der Waals surface area contributed by atoms with Crippen LogP contribution in [0.2, 0.25) is 0 Å². The van der Waals surface area contributed by atoms with Crippen molar-refractivity contribution >= 4 is 0 Å². The first-order chi connectivity index (χ1) is 12.5. The van der Waals surface area contributed by atoms with Gasteiger partial charge in [0.05, 0.1) is 7.11 Å². The Bertz CT molecular complexity index is 370. The zero-order valence-corrected chi connectivity index (χ0v) is 18.8. The molecule has 0 spiro atoms. The van der Waals surface area contributed by atoms with Crippen molar-refractivity contribution in [3.8, 4) is 5.75 Å². The van der Waals surface area contributed by atoms with Gasteiger partial charge in [-0.25, -0.2) is 0 Å². The second-order valence-corrected chi connectivity index (χ2v) is 7.33. The maximum Gasteiger partial charge on any atom is 0.118 e. The summed E-state index contributed by atoms with van der Waals surface area (Å²) in [4.78, 5) is 0. The maximum atomic E-state index is 5.52. The lowest BCUT2D eigenvalue weighted by atomic mass is 10.00. The summed E-state index contributed by atoms with van der Waals surface area (Å²) < 4.78 is 4.97. The Kier molecular flexibility index (Phi) is 21.2. The smallest absolute Gasteiger partial charge is 0.118 e. The van der Waals surface area contributed by atoms with Gasteiger partial charge < -0.3 is 10.5 Å². The van der Waals surface area contributed by atoms with Crippen molar-refractivity contribution in [2.75, 3.05) is 13.7 Å². The fourth-order valence-corrected chi connectivity index (χ4v) is 2.41. The van der Waals surface area contributed by atoms with Gasteiger partial charge in [-0.15, -0.1) is 0 Å². The van der Waals surface area contributed by atoms with E-state index in [1.54, 1.807) is 7.11 Å². The molecule has 0 aromatic heterocycles. The van der Waals surface area contributed by atoms with Gasteiger partial charge in [0.1, 0.15) is 5.75 Å². The monoisotopic (exact) mass is 365 g/mol. The van der Waals surface area contributed by atoms with Gasteiger partial charge in [-0.2, -0.15) is 0 Å². The molecule has 2 N–H and O–H groups in total. The van der Waals surface area contributed by atoms with Crippen LogP contribution in [-0.2, 0) is 0 Å². The molecule has 2 heteroatoms. The van der Waals surface area contributed by atoms with Crippen molar-refractivity contribution in [3.63, 3.8) is 0 Å². The Labute approximate surface area is 164 Å². The molecule has 1 aromatic carbocycles. The van der Waals surface area contributed by atoms with Gasteiger partial charge in [-0.1, -0.05) is 97.3 Å². The number of nitrogens with two attached hydrogens (primary N) is 1. The Morgan fingerprint density at radius 3 is 1.81 bits per heavy atom. The van der Waals surface area contributed by atoms with E-state index in [1.807, 2.05) is 24.3 Å². The van der Waals surface area contributed by atoms with Gasteiger partial charge in [0.25, 0.3) is 0 Å². The minimum atomic E-state index is 0.782. The normalized spacial score (nSPS) is 12.2.